The molecule has 8 heteroatoms. The first kappa shape index (κ1) is 18.5. The SMILES string of the molecule is CC(NC(=O)c1cccc(CN2C(=O)CNC2=O)c1)c1ccc(F)cc1F. The average Bonchev–Trinajstić information content (AvgIpc) is 2.93. The Morgan fingerprint density at radius 3 is 2.67 bits per heavy atom. The summed E-state index contributed by atoms with van der Waals surface area (Å²) in [5, 5.41) is 5.08. The average molecular weight is 373 g/mol. The Balaban J connectivity index is 1.71. The van der Waals surface area contributed by atoms with Crippen molar-refractivity contribution in [3.8, 4) is 0 Å². The second-order valence-corrected chi connectivity index (χ2v) is 6.20. The molecule has 3 rings (SSSR count). The maximum atomic E-state index is 13.9. The van der Waals surface area contributed by atoms with Crippen LogP contribution in [0.15, 0.2) is 42.5 Å². The molecule has 1 atom stereocenters. The number of rotatable bonds is 5. The first-order chi connectivity index (χ1) is 12.8. The lowest BCUT2D eigenvalue weighted by atomic mass is 10.1. The molecule has 0 saturated carbocycles. The van der Waals surface area contributed by atoms with Gasteiger partial charge in [-0.15, -0.1) is 0 Å². The highest BCUT2D eigenvalue weighted by Crippen LogP contribution is 2.19. The van der Waals surface area contributed by atoms with Gasteiger partial charge in [-0.3, -0.25) is 14.5 Å². The molecule has 1 fully saturated rings. The Morgan fingerprint density at radius 2 is 2.00 bits per heavy atom. The van der Waals surface area contributed by atoms with Crippen LogP contribution in [0.1, 0.15) is 34.5 Å². The van der Waals surface area contributed by atoms with Gasteiger partial charge < -0.3 is 10.6 Å². The molecular weight excluding hydrogens is 356 g/mol. The third kappa shape index (κ3) is 4.11. The smallest absolute Gasteiger partial charge is 0.324 e. The molecule has 0 radical (unpaired) electrons. The molecular formula is C19H17F2N3O3. The third-order valence-electron chi connectivity index (χ3n) is 4.24. The zero-order valence-electron chi connectivity index (χ0n) is 14.5. The number of hydrogen-bond acceptors (Lipinski definition) is 3. The number of hydrogen-bond donors (Lipinski definition) is 2. The van der Waals surface area contributed by atoms with Gasteiger partial charge in [0.15, 0.2) is 0 Å². The van der Waals surface area contributed by atoms with Crippen LogP contribution in [0.4, 0.5) is 13.6 Å². The van der Waals surface area contributed by atoms with Gasteiger partial charge in [0.25, 0.3) is 5.91 Å². The Morgan fingerprint density at radius 1 is 1.22 bits per heavy atom. The summed E-state index contributed by atoms with van der Waals surface area (Å²) < 4.78 is 26.9. The Labute approximate surface area is 154 Å². The molecule has 2 aromatic carbocycles. The lowest BCUT2D eigenvalue weighted by Crippen LogP contribution is -2.30. The van der Waals surface area contributed by atoms with E-state index in [-0.39, 0.29) is 24.6 Å². The van der Waals surface area contributed by atoms with Crippen LogP contribution in [0.5, 0.6) is 0 Å². The van der Waals surface area contributed by atoms with Crippen molar-refractivity contribution in [3.63, 3.8) is 0 Å². The molecule has 1 aliphatic heterocycles. The highest BCUT2D eigenvalue weighted by molar-refractivity contribution is 6.02. The van der Waals surface area contributed by atoms with Crippen LogP contribution in [0.2, 0.25) is 0 Å². The summed E-state index contributed by atoms with van der Waals surface area (Å²) in [6, 6.07) is 8.47. The van der Waals surface area contributed by atoms with E-state index in [9.17, 15) is 23.2 Å². The molecule has 0 aliphatic carbocycles. The van der Waals surface area contributed by atoms with Crippen molar-refractivity contribution >= 4 is 17.8 Å². The maximum absolute atomic E-state index is 13.9. The van der Waals surface area contributed by atoms with Gasteiger partial charge in [-0.2, -0.15) is 0 Å². The first-order valence-electron chi connectivity index (χ1n) is 8.28. The van der Waals surface area contributed by atoms with E-state index in [4.69, 9.17) is 0 Å². The fraction of sp³-hybridized carbons (Fsp3) is 0.211. The number of nitrogens with one attached hydrogen (secondary N) is 2. The number of benzene rings is 2. The van der Waals surface area contributed by atoms with E-state index in [1.165, 1.54) is 6.07 Å². The molecule has 1 aliphatic rings. The molecule has 1 heterocycles. The third-order valence-corrected chi connectivity index (χ3v) is 4.24. The van der Waals surface area contributed by atoms with Crippen LogP contribution < -0.4 is 10.6 Å². The molecule has 140 valence electrons. The first-order valence-corrected chi connectivity index (χ1v) is 8.28. The summed E-state index contributed by atoms with van der Waals surface area (Å²) in [4.78, 5) is 36.8. The van der Waals surface area contributed by atoms with Crippen molar-refractivity contribution in [1.82, 2.24) is 15.5 Å². The standard InChI is InChI=1S/C19H17F2N3O3/c1-11(15-6-5-14(20)8-16(15)21)23-18(26)13-4-2-3-12(7-13)10-24-17(25)9-22-19(24)27/h2-8,11H,9-10H2,1H3,(H,22,27)(H,23,26). The molecule has 2 N–H and O–H groups in total. The predicted octanol–water partition coefficient (Wildman–Crippen LogP) is 2.51. The van der Waals surface area contributed by atoms with Crippen molar-refractivity contribution in [2.45, 2.75) is 19.5 Å². The van der Waals surface area contributed by atoms with E-state index in [0.717, 1.165) is 17.0 Å². The monoisotopic (exact) mass is 373 g/mol. The number of carbonyl (C=O) groups excluding carboxylic acids is 3. The van der Waals surface area contributed by atoms with E-state index in [0.29, 0.717) is 11.1 Å². The van der Waals surface area contributed by atoms with Crippen molar-refractivity contribution < 1.29 is 23.2 Å². The van der Waals surface area contributed by atoms with Crippen LogP contribution in [0.3, 0.4) is 0 Å². The summed E-state index contributed by atoms with van der Waals surface area (Å²) in [7, 11) is 0. The van der Waals surface area contributed by atoms with Gasteiger partial charge in [-0.25, -0.2) is 13.6 Å². The summed E-state index contributed by atoms with van der Waals surface area (Å²) in [6.45, 7) is 1.60. The fourth-order valence-corrected chi connectivity index (χ4v) is 2.82. The minimum atomic E-state index is -0.741. The van der Waals surface area contributed by atoms with E-state index in [1.807, 2.05) is 0 Å². The normalized spacial score (nSPS) is 14.9. The van der Waals surface area contributed by atoms with Gasteiger partial charge in [0.2, 0.25) is 5.91 Å². The highest BCUT2D eigenvalue weighted by Gasteiger charge is 2.28. The molecule has 27 heavy (non-hydrogen) atoms. The van der Waals surface area contributed by atoms with Crippen LogP contribution in [0.25, 0.3) is 0 Å². The van der Waals surface area contributed by atoms with Crippen LogP contribution in [-0.2, 0) is 11.3 Å². The van der Waals surface area contributed by atoms with E-state index >= 15 is 0 Å². The van der Waals surface area contributed by atoms with Crippen LogP contribution in [-0.4, -0.2) is 29.3 Å². The van der Waals surface area contributed by atoms with Crippen LogP contribution in [0, 0.1) is 11.6 Å². The van der Waals surface area contributed by atoms with E-state index < -0.39 is 29.6 Å². The van der Waals surface area contributed by atoms with Gasteiger partial charge >= 0.3 is 6.03 Å². The van der Waals surface area contributed by atoms with E-state index in [2.05, 4.69) is 10.6 Å². The maximum Gasteiger partial charge on any atom is 0.324 e. The van der Waals surface area contributed by atoms with Crippen molar-refractivity contribution in [3.05, 3.63) is 70.8 Å². The number of amides is 4. The largest absolute Gasteiger partial charge is 0.345 e. The number of carbonyl (C=O) groups is 3. The second-order valence-electron chi connectivity index (χ2n) is 6.20. The summed E-state index contributed by atoms with van der Waals surface area (Å²) in [5.41, 5.74) is 1.07. The van der Waals surface area contributed by atoms with Crippen LogP contribution >= 0.6 is 0 Å². The van der Waals surface area contributed by atoms with Gasteiger partial charge in [0.1, 0.15) is 11.6 Å². The zero-order chi connectivity index (χ0) is 19.6. The minimum Gasteiger partial charge on any atom is -0.345 e. The van der Waals surface area contributed by atoms with Gasteiger partial charge in [-0.05, 0) is 30.7 Å². The molecule has 0 spiro atoms. The lowest BCUT2D eigenvalue weighted by molar-refractivity contribution is -0.125. The summed E-state index contributed by atoms with van der Waals surface area (Å²) >= 11 is 0. The molecule has 4 amide bonds. The molecule has 1 unspecified atom stereocenters. The number of urea groups is 1. The molecule has 0 aromatic heterocycles. The highest BCUT2D eigenvalue weighted by atomic mass is 19.1. The van der Waals surface area contributed by atoms with Crippen molar-refractivity contribution in [1.29, 1.82) is 0 Å². The fourth-order valence-electron chi connectivity index (χ4n) is 2.82. The van der Waals surface area contributed by atoms with Crippen molar-refractivity contribution in [2.75, 3.05) is 6.54 Å². The van der Waals surface area contributed by atoms with Crippen molar-refractivity contribution in [2.24, 2.45) is 0 Å². The Bertz CT molecular complexity index is 901. The summed E-state index contributed by atoms with van der Waals surface area (Å²) in [5.74, 6) is -2.22. The quantitative estimate of drug-likeness (QED) is 0.791. The van der Waals surface area contributed by atoms with Gasteiger partial charge in [0, 0.05) is 17.2 Å². The zero-order valence-corrected chi connectivity index (χ0v) is 14.5. The number of halogens is 2. The molecule has 6 nitrogen and oxygen atoms in total. The predicted molar refractivity (Wildman–Crippen MR) is 92.6 cm³/mol. The minimum absolute atomic E-state index is 0.0419. The second kappa shape index (κ2) is 7.53. The van der Waals surface area contributed by atoms with Gasteiger partial charge in [0.05, 0.1) is 19.1 Å². The lowest BCUT2D eigenvalue weighted by Gasteiger charge is -2.16. The molecule has 0 bridgehead atoms. The number of imide groups is 1. The molecule has 1 saturated heterocycles. The Kier molecular flexibility index (Phi) is 5.16. The van der Waals surface area contributed by atoms with E-state index in [1.54, 1.807) is 31.2 Å². The number of nitrogens with zero attached hydrogens (tertiary/aromatic N) is 1. The van der Waals surface area contributed by atoms with Gasteiger partial charge in [-0.1, -0.05) is 18.2 Å². The molecule has 2 aromatic rings. The summed E-state index contributed by atoms with van der Waals surface area (Å²) in [6.07, 6.45) is 0. The Hall–Kier alpha value is -3.29. The topological polar surface area (TPSA) is 78.5 Å².